The predicted octanol–water partition coefficient (Wildman–Crippen LogP) is 3.24. The molecule has 0 aliphatic carbocycles. The molecule has 0 spiro atoms. The van der Waals surface area contributed by atoms with Crippen molar-refractivity contribution in [1.82, 2.24) is 0 Å². The molecule has 0 aliphatic rings. The van der Waals surface area contributed by atoms with Gasteiger partial charge in [-0.15, -0.1) is 0 Å². The number of aromatic carboxylic acids is 1. The van der Waals surface area contributed by atoms with Gasteiger partial charge in [0.25, 0.3) is 0 Å². The first kappa shape index (κ1) is 13.0. The Balaban J connectivity index is 2.92. The van der Waals surface area contributed by atoms with Gasteiger partial charge in [-0.1, -0.05) is 13.8 Å². The van der Waals surface area contributed by atoms with E-state index < -0.39 is 5.97 Å². The fraction of sp³-hybridized carbons (Fsp3) is 0.417. The molecule has 0 unspecified atom stereocenters. The summed E-state index contributed by atoms with van der Waals surface area (Å²) >= 11 is 3.27. The number of hydrogen-bond acceptors (Lipinski definition) is 2. The molecule has 1 aromatic rings. The number of benzene rings is 1. The molecular weight excluding hydrogens is 270 g/mol. The van der Waals surface area contributed by atoms with Crippen LogP contribution in [0.5, 0.6) is 0 Å². The van der Waals surface area contributed by atoms with E-state index in [1.165, 1.54) is 0 Å². The first-order chi connectivity index (χ1) is 7.41. The second-order valence-electron chi connectivity index (χ2n) is 4.24. The summed E-state index contributed by atoms with van der Waals surface area (Å²) in [6, 6.07) is 5.29. The van der Waals surface area contributed by atoms with E-state index in [0.717, 1.165) is 12.2 Å². The number of anilines is 1. The molecule has 0 radical (unpaired) electrons. The van der Waals surface area contributed by atoms with E-state index >= 15 is 0 Å². The zero-order chi connectivity index (χ0) is 12.3. The lowest BCUT2D eigenvalue weighted by Gasteiger charge is -2.22. The maximum absolute atomic E-state index is 10.8. The highest BCUT2D eigenvalue weighted by atomic mass is 79.9. The lowest BCUT2D eigenvalue weighted by Crippen LogP contribution is -2.22. The molecule has 4 heteroatoms. The first-order valence-electron chi connectivity index (χ1n) is 5.15. The molecule has 0 fully saturated rings. The van der Waals surface area contributed by atoms with Gasteiger partial charge in [-0.25, -0.2) is 4.79 Å². The van der Waals surface area contributed by atoms with E-state index in [0.29, 0.717) is 16.0 Å². The molecule has 0 saturated carbocycles. The Kier molecular flexibility index (Phi) is 4.35. The fourth-order valence-corrected chi connectivity index (χ4v) is 2.10. The van der Waals surface area contributed by atoms with Crippen molar-refractivity contribution >= 4 is 27.6 Å². The van der Waals surface area contributed by atoms with Crippen LogP contribution in [-0.4, -0.2) is 24.7 Å². The molecule has 16 heavy (non-hydrogen) atoms. The molecule has 0 bridgehead atoms. The largest absolute Gasteiger partial charge is 0.478 e. The smallest absolute Gasteiger partial charge is 0.336 e. The maximum Gasteiger partial charge on any atom is 0.336 e. The minimum absolute atomic E-state index is 0.293. The third kappa shape index (κ3) is 3.23. The monoisotopic (exact) mass is 285 g/mol. The Morgan fingerprint density at radius 1 is 1.50 bits per heavy atom. The number of halogens is 1. The molecule has 0 saturated heterocycles. The second-order valence-corrected chi connectivity index (χ2v) is 5.10. The lowest BCUT2D eigenvalue weighted by molar-refractivity contribution is 0.0696. The molecule has 0 atom stereocenters. The molecule has 0 amide bonds. The summed E-state index contributed by atoms with van der Waals surface area (Å²) in [6.07, 6.45) is 0. The van der Waals surface area contributed by atoms with Gasteiger partial charge in [0.1, 0.15) is 0 Å². The van der Waals surface area contributed by atoms with Crippen LogP contribution < -0.4 is 4.90 Å². The number of rotatable bonds is 4. The molecule has 0 heterocycles. The molecule has 1 aromatic carbocycles. The van der Waals surface area contributed by atoms with Gasteiger partial charge in [-0.2, -0.15) is 0 Å². The van der Waals surface area contributed by atoms with Crippen molar-refractivity contribution in [2.45, 2.75) is 13.8 Å². The topological polar surface area (TPSA) is 40.5 Å². The summed E-state index contributed by atoms with van der Waals surface area (Å²) in [5.74, 6) is -0.340. The van der Waals surface area contributed by atoms with E-state index in [1.807, 2.05) is 19.2 Å². The van der Waals surface area contributed by atoms with Crippen molar-refractivity contribution in [3.63, 3.8) is 0 Å². The minimum Gasteiger partial charge on any atom is -0.478 e. The third-order valence-corrected chi connectivity index (χ3v) is 2.92. The van der Waals surface area contributed by atoms with Gasteiger partial charge >= 0.3 is 5.97 Å². The van der Waals surface area contributed by atoms with Crippen LogP contribution in [0.25, 0.3) is 0 Å². The van der Waals surface area contributed by atoms with Crippen molar-refractivity contribution in [2.24, 2.45) is 5.92 Å². The van der Waals surface area contributed by atoms with Crippen molar-refractivity contribution in [1.29, 1.82) is 0 Å². The highest BCUT2D eigenvalue weighted by Crippen LogP contribution is 2.24. The average molecular weight is 286 g/mol. The summed E-state index contributed by atoms with van der Waals surface area (Å²) in [4.78, 5) is 12.9. The average Bonchev–Trinajstić information content (AvgIpc) is 2.15. The number of carbonyl (C=O) groups is 1. The van der Waals surface area contributed by atoms with E-state index in [2.05, 4.69) is 34.7 Å². The van der Waals surface area contributed by atoms with Crippen LogP contribution in [-0.2, 0) is 0 Å². The normalized spacial score (nSPS) is 10.6. The van der Waals surface area contributed by atoms with Gasteiger partial charge in [0, 0.05) is 23.8 Å². The molecule has 88 valence electrons. The van der Waals surface area contributed by atoms with Gasteiger partial charge in [-0.05, 0) is 40.0 Å². The summed E-state index contributed by atoms with van der Waals surface area (Å²) in [5, 5.41) is 8.90. The lowest BCUT2D eigenvalue weighted by atomic mass is 10.1. The molecule has 0 aliphatic heterocycles. The van der Waals surface area contributed by atoms with E-state index in [-0.39, 0.29) is 0 Å². The van der Waals surface area contributed by atoms with Crippen LogP contribution >= 0.6 is 15.9 Å². The van der Waals surface area contributed by atoms with Crippen LogP contribution in [0.1, 0.15) is 24.2 Å². The molecule has 3 nitrogen and oxygen atoms in total. The second kappa shape index (κ2) is 5.34. The number of carboxylic acids is 1. The van der Waals surface area contributed by atoms with Crippen LogP contribution in [0, 0.1) is 5.92 Å². The Morgan fingerprint density at radius 2 is 2.12 bits per heavy atom. The van der Waals surface area contributed by atoms with Crippen LogP contribution in [0.4, 0.5) is 5.69 Å². The van der Waals surface area contributed by atoms with Gasteiger partial charge in [0.05, 0.1) is 5.56 Å². The molecule has 1 rings (SSSR count). The highest BCUT2D eigenvalue weighted by Gasteiger charge is 2.10. The Labute approximate surface area is 104 Å². The van der Waals surface area contributed by atoms with Crippen molar-refractivity contribution in [3.8, 4) is 0 Å². The number of hydrogen-bond donors (Lipinski definition) is 1. The Hall–Kier alpha value is -1.03. The molecule has 1 N–H and O–H groups in total. The number of carboxylic acid groups (broad SMARTS) is 1. The van der Waals surface area contributed by atoms with Crippen LogP contribution in [0.15, 0.2) is 22.7 Å². The predicted molar refractivity (Wildman–Crippen MR) is 69.2 cm³/mol. The van der Waals surface area contributed by atoms with Crippen LogP contribution in [0.3, 0.4) is 0 Å². The quantitative estimate of drug-likeness (QED) is 0.923. The van der Waals surface area contributed by atoms with Crippen molar-refractivity contribution < 1.29 is 9.90 Å². The van der Waals surface area contributed by atoms with Gasteiger partial charge in [0.2, 0.25) is 0 Å². The van der Waals surface area contributed by atoms with E-state index in [9.17, 15) is 4.79 Å². The SMILES string of the molecule is CC(C)CN(C)c1ccc(C(=O)O)c(Br)c1. The summed E-state index contributed by atoms with van der Waals surface area (Å²) < 4.78 is 0.619. The standard InChI is InChI=1S/C12H16BrNO2/c1-8(2)7-14(3)9-4-5-10(12(15)16)11(13)6-9/h4-6,8H,7H2,1-3H3,(H,15,16). The maximum atomic E-state index is 10.8. The van der Waals surface area contributed by atoms with E-state index in [1.54, 1.807) is 6.07 Å². The van der Waals surface area contributed by atoms with Crippen molar-refractivity contribution in [2.75, 3.05) is 18.5 Å². The summed E-state index contributed by atoms with van der Waals surface area (Å²) in [7, 11) is 2.00. The van der Waals surface area contributed by atoms with Gasteiger partial charge in [0.15, 0.2) is 0 Å². The van der Waals surface area contributed by atoms with Gasteiger partial charge in [-0.3, -0.25) is 0 Å². The van der Waals surface area contributed by atoms with Crippen LogP contribution in [0.2, 0.25) is 0 Å². The van der Waals surface area contributed by atoms with Crippen molar-refractivity contribution in [3.05, 3.63) is 28.2 Å². The molecular formula is C12H16BrNO2. The number of nitrogens with zero attached hydrogens (tertiary/aromatic N) is 1. The van der Waals surface area contributed by atoms with Gasteiger partial charge < -0.3 is 10.0 Å². The zero-order valence-corrected chi connectivity index (χ0v) is 11.3. The molecule has 0 aromatic heterocycles. The Morgan fingerprint density at radius 3 is 2.56 bits per heavy atom. The summed E-state index contributed by atoms with van der Waals surface area (Å²) in [5.41, 5.74) is 1.31. The first-order valence-corrected chi connectivity index (χ1v) is 5.95. The Bertz CT molecular complexity index is 391. The minimum atomic E-state index is -0.912. The fourth-order valence-electron chi connectivity index (χ4n) is 1.57. The summed E-state index contributed by atoms with van der Waals surface area (Å²) in [6.45, 7) is 5.24. The van der Waals surface area contributed by atoms with E-state index in [4.69, 9.17) is 5.11 Å². The highest BCUT2D eigenvalue weighted by molar-refractivity contribution is 9.10. The third-order valence-electron chi connectivity index (χ3n) is 2.26. The zero-order valence-electron chi connectivity index (χ0n) is 9.70.